The van der Waals surface area contributed by atoms with Crippen LogP contribution in [0.15, 0.2) is 58.3 Å². The first-order valence-corrected chi connectivity index (χ1v) is 10.7. The molecule has 25 heavy (non-hydrogen) atoms. The van der Waals surface area contributed by atoms with E-state index < -0.39 is 16.1 Å². The van der Waals surface area contributed by atoms with Gasteiger partial charge in [-0.05, 0) is 54.5 Å². The van der Waals surface area contributed by atoms with E-state index in [0.29, 0.717) is 13.1 Å². The van der Waals surface area contributed by atoms with E-state index in [1.807, 2.05) is 18.4 Å². The zero-order chi connectivity index (χ0) is 17.9. The Bertz CT molecular complexity index is 837. The standard InChI is InChI=1S/C18H20N2O3S2/c1-24-16-6-8-17(9-7-16)25(22,23)19-18(21)20-12-10-14-4-2-3-5-15(14)11-13-20/h2-9H,10-13H2,1H3,(H,19,21). The first-order chi connectivity index (χ1) is 12.0. The first-order valence-electron chi connectivity index (χ1n) is 8.02. The number of amides is 2. The molecule has 3 rings (SSSR count). The number of sulfonamides is 1. The van der Waals surface area contributed by atoms with Crippen molar-refractivity contribution in [2.45, 2.75) is 22.6 Å². The van der Waals surface area contributed by atoms with Gasteiger partial charge in [-0.25, -0.2) is 17.9 Å². The zero-order valence-corrected chi connectivity index (χ0v) is 15.6. The van der Waals surface area contributed by atoms with Crippen molar-refractivity contribution in [2.75, 3.05) is 19.3 Å². The number of benzene rings is 2. The molecule has 7 heteroatoms. The zero-order valence-electron chi connectivity index (χ0n) is 13.9. The van der Waals surface area contributed by atoms with Crippen molar-refractivity contribution >= 4 is 27.8 Å². The SMILES string of the molecule is CSc1ccc(S(=O)(=O)NC(=O)N2CCc3ccccc3CC2)cc1. The summed E-state index contributed by atoms with van der Waals surface area (Å²) in [5.41, 5.74) is 2.43. The lowest BCUT2D eigenvalue weighted by molar-refractivity contribution is 0.206. The molecule has 5 nitrogen and oxygen atoms in total. The van der Waals surface area contributed by atoms with Crippen LogP contribution in [-0.4, -0.2) is 38.7 Å². The predicted octanol–water partition coefficient (Wildman–Crippen LogP) is 2.91. The number of hydrogen-bond donors (Lipinski definition) is 1. The second-order valence-electron chi connectivity index (χ2n) is 5.84. The van der Waals surface area contributed by atoms with Crippen LogP contribution >= 0.6 is 11.8 Å². The van der Waals surface area contributed by atoms with E-state index in [1.165, 1.54) is 35.0 Å². The molecule has 0 bridgehead atoms. The molecule has 2 aromatic rings. The summed E-state index contributed by atoms with van der Waals surface area (Å²) in [6.07, 6.45) is 3.38. The van der Waals surface area contributed by atoms with Gasteiger partial charge in [0.25, 0.3) is 10.0 Å². The lowest BCUT2D eigenvalue weighted by Crippen LogP contribution is -2.43. The molecule has 0 unspecified atom stereocenters. The molecule has 1 aliphatic rings. The highest BCUT2D eigenvalue weighted by Crippen LogP contribution is 2.18. The average Bonchev–Trinajstić information content (AvgIpc) is 2.84. The maximum absolute atomic E-state index is 12.4. The fraction of sp³-hybridized carbons (Fsp3) is 0.278. The first kappa shape index (κ1) is 17.8. The number of nitrogens with zero attached hydrogens (tertiary/aromatic N) is 1. The monoisotopic (exact) mass is 376 g/mol. The molecule has 2 aromatic carbocycles. The fourth-order valence-corrected chi connectivity index (χ4v) is 4.24. The van der Waals surface area contributed by atoms with E-state index >= 15 is 0 Å². The van der Waals surface area contributed by atoms with Gasteiger partial charge in [0.2, 0.25) is 0 Å². The second kappa shape index (κ2) is 7.49. The van der Waals surface area contributed by atoms with E-state index in [9.17, 15) is 13.2 Å². The van der Waals surface area contributed by atoms with Crippen LogP contribution in [0.2, 0.25) is 0 Å². The van der Waals surface area contributed by atoms with Gasteiger partial charge in [0.15, 0.2) is 0 Å². The van der Waals surface area contributed by atoms with Crippen LogP contribution in [0.3, 0.4) is 0 Å². The molecule has 0 radical (unpaired) electrons. The maximum atomic E-state index is 12.4. The summed E-state index contributed by atoms with van der Waals surface area (Å²) >= 11 is 1.53. The number of urea groups is 1. The van der Waals surface area contributed by atoms with E-state index in [0.717, 1.165) is 17.7 Å². The highest BCUT2D eigenvalue weighted by Gasteiger charge is 2.23. The van der Waals surface area contributed by atoms with Gasteiger partial charge in [0.1, 0.15) is 0 Å². The molecule has 0 spiro atoms. The fourth-order valence-electron chi connectivity index (χ4n) is 2.86. The number of nitrogens with one attached hydrogen (secondary N) is 1. The van der Waals surface area contributed by atoms with Gasteiger partial charge in [0, 0.05) is 18.0 Å². The molecule has 0 saturated carbocycles. The van der Waals surface area contributed by atoms with E-state index in [4.69, 9.17) is 0 Å². The molecule has 0 saturated heterocycles. The molecule has 1 heterocycles. The third-order valence-corrected chi connectivity index (χ3v) is 6.38. The van der Waals surface area contributed by atoms with Crippen molar-refractivity contribution < 1.29 is 13.2 Å². The van der Waals surface area contributed by atoms with E-state index in [1.54, 1.807) is 17.0 Å². The van der Waals surface area contributed by atoms with Gasteiger partial charge < -0.3 is 4.90 Å². The minimum atomic E-state index is -3.86. The Labute approximate surface area is 152 Å². The van der Waals surface area contributed by atoms with Crippen LogP contribution in [0.5, 0.6) is 0 Å². The molecule has 2 amide bonds. The van der Waals surface area contributed by atoms with Crippen LogP contribution in [0.1, 0.15) is 11.1 Å². The van der Waals surface area contributed by atoms with Gasteiger partial charge in [-0.1, -0.05) is 24.3 Å². The van der Waals surface area contributed by atoms with Crippen molar-refractivity contribution in [1.29, 1.82) is 0 Å². The summed E-state index contributed by atoms with van der Waals surface area (Å²) in [4.78, 5) is 15.1. The third-order valence-electron chi connectivity index (χ3n) is 4.30. The number of hydrogen-bond acceptors (Lipinski definition) is 4. The third kappa shape index (κ3) is 4.16. The van der Waals surface area contributed by atoms with Crippen LogP contribution in [-0.2, 0) is 22.9 Å². The predicted molar refractivity (Wildman–Crippen MR) is 99.4 cm³/mol. The highest BCUT2D eigenvalue weighted by molar-refractivity contribution is 7.98. The number of rotatable bonds is 3. The topological polar surface area (TPSA) is 66.5 Å². The quantitative estimate of drug-likeness (QED) is 0.837. The summed E-state index contributed by atoms with van der Waals surface area (Å²) in [5, 5.41) is 0. The van der Waals surface area contributed by atoms with Crippen LogP contribution in [0, 0.1) is 0 Å². The van der Waals surface area contributed by atoms with E-state index in [-0.39, 0.29) is 4.90 Å². The largest absolute Gasteiger partial charge is 0.331 e. The summed E-state index contributed by atoms with van der Waals surface area (Å²) < 4.78 is 27.0. The lowest BCUT2D eigenvalue weighted by Gasteiger charge is -2.20. The van der Waals surface area contributed by atoms with Gasteiger partial charge in [-0.15, -0.1) is 11.8 Å². The molecule has 1 aliphatic heterocycles. The van der Waals surface area contributed by atoms with Crippen molar-refractivity contribution in [2.24, 2.45) is 0 Å². The summed E-state index contributed by atoms with van der Waals surface area (Å²) in [7, 11) is -3.86. The Morgan fingerprint density at radius 1 is 1.00 bits per heavy atom. The van der Waals surface area contributed by atoms with Crippen molar-refractivity contribution in [3.63, 3.8) is 0 Å². The Kier molecular flexibility index (Phi) is 5.34. The van der Waals surface area contributed by atoms with Crippen LogP contribution in [0.25, 0.3) is 0 Å². The summed E-state index contributed by atoms with van der Waals surface area (Å²) in [5.74, 6) is 0. The van der Waals surface area contributed by atoms with E-state index in [2.05, 4.69) is 16.9 Å². The second-order valence-corrected chi connectivity index (χ2v) is 8.40. The Morgan fingerprint density at radius 3 is 2.08 bits per heavy atom. The van der Waals surface area contributed by atoms with Crippen LogP contribution in [0.4, 0.5) is 4.79 Å². The number of carbonyl (C=O) groups is 1. The Morgan fingerprint density at radius 2 is 1.56 bits per heavy atom. The molecule has 0 atom stereocenters. The Balaban J connectivity index is 1.69. The lowest BCUT2D eigenvalue weighted by atomic mass is 10.0. The van der Waals surface area contributed by atoms with Crippen molar-refractivity contribution in [3.05, 3.63) is 59.7 Å². The number of carbonyl (C=O) groups excluding carboxylic acids is 1. The maximum Gasteiger partial charge on any atom is 0.331 e. The van der Waals surface area contributed by atoms with Gasteiger partial charge in [-0.2, -0.15) is 0 Å². The average molecular weight is 377 g/mol. The highest BCUT2D eigenvalue weighted by atomic mass is 32.2. The van der Waals surface area contributed by atoms with Crippen molar-refractivity contribution in [1.82, 2.24) is 9.62 Å². The minimum Gasteiger partial charge on any atom is -0.323 e. The molecule has 0 fully saturated rings. The minimum absolute atomic E-state index is 0.0942. The number of thioether (sulfide) groups is 1. The van der Waals surface area contributed by atoms with Crippen LogP contribution < -0.4 is 4.72 Å². The Hall–Kier alpha value is -1.99. The summed E-state index contributed by atoms with van der Waals surface area (Å²) in [6.45, 7) is 1.01. The molecule has 0 aromatic heterocycles. The smallest absolute Gasteiger partial charge is 0.323 e. The molecular formula is C18H20N2O3S2. The van der Waals surface area contributed by atoms with Gasteiger partial charge in [0.05, 0.1) is 4.90 Å². The van der Waals surface area contributed by atoms with Gasteiger partial charge >= 0.3 is 6.03 Å². The number of fused-ring (bicyclic) bond motifs is 1. The molecule has 132 valence electrons. The molecular weight excluding hydrogens is 356 g/mol. The molecule has 0 aliphatic carbocycles. The van der Waals surface area contributed by atoms with Crippen molar-refractivity contribution in [3.8, 4) is 0 Å². The molecule has 1 N–H and O–H groups in total. The normalized spacial score (nSPS) is 14.5. The van der Waals surface area contributed by atoms with Gasteiger partial charge in [-0.3, -0.25) is 0 Å². The summed E-state index contributed by atoms with van der Waals surface area (Å²) in [6, 6.07) is 14.0.